The summed E-state index contributed by atoms with van der Waals surface area (Å²) in [5, 5.41) is 2.88. The van der Waals surface area contributed by atoms with Crippen molar-refractivity contribution in [3.8, 4) is 0 Å². The van der Waals surface area contributed by atoms with Gasteiger partial charge in [-0.1, -0.05) is 42.5 Å². The molecule has 0 spiro atoms. The molecule has 1 N–H and O–H groups in total. The van der Waals surface area contributed by atoms with E-state index in [0.717, 1.165) is 27.9 Å². The molecular weight excluding hydrogens is 396 g/mol. The highest BCUT2D eigenvalue weighted by Gasteiger charge is 2.21. The smallest absolute Gasteiger partial charge is 0.255 e. The van der Waals surface area contributed by atoms with E-state index in [9.17, 15) is 13.2 Å². The van der Waals surface area contributed by atoms with Crippen molar-refractivity contribution in [2.24, 2.45) is 0 Å². The summed E-state index contributed by atoms with van der Waals surface area (Å²) < 4.78 is 26.4. The molecule has 0 unspecified atom stereocenters. The van der Waals surface area contributed by atoms with Crippen LogP contribution in [0, 0.1) is 20.8 Å². The first-order valence-corrected chi connectivity index (χ1v) is 11.5. The van der Waals surface area contributed by atoms with E-state index >= 15 is 0 Å². The number of amides is 1. The predicted octanol–water partition coefficient (Wildman–Crippen LogP) is 4.83. The van der Waals surface area contributed by atoms with Crippen LogP contribution >= 0.6 is 0 Å². The number of para-hydroxylation sites is 1. The third-order valence-corrected chi connectivity index (χ3v) is 6.02. The summed E-state index contributed by atoms with van der Waals surface area (Å²) in [4.78, 5) is 12.5. The molecule has 0 aliphatic carbocycles. The molecule has 30 heavy (non-hydrogen) atoms. The van der Waals surface area contributed by atoms with Gasteiger partial charge in [-0.15, -0.1) is 0 Å². The second kappa shape index (κ2) is 8.71. The van der Waals surface area contributed by atoms with Crippen molar-refractivity contribution < 1.29 is 13.2 Å². The van der Waals surface area contributed by atoms with Gasteiger partial charge in [-0.2, -0.15) is 0 Å². The number of rotatable bonds is 6. The second-order valence-electron chi connectivity index (χ2n) is 7.53. The molecule has 1 amide bonds. The first-order valence-electron chi connectivity index (χ1n) is 9.66. The Balaban J connectivity index is 1.82. The highest BCUT2D eigenvalue weighted by Crippen LogP contribution is 2.28. The Kier molecular flexibility index (Phi) is 6.27. The Morgan fingerprint density at radius 1 is 0.900 bits per heavy atom. The number of hydrogen-bond acceptors (Lipinski definition) is 3. The van der Waals surface area contributed by atoms with Crippen molar-refractivity contribution in [2.75, 3.05) is 15.9 Å². The average Bonchev–Trinajstić information content (AvgIpc) is 2.67. The van der Waals surface area contributed by atoms with Crippen LogP contribution in [0.25, 0.3) is 0 Å². The molecule has 3 aromatic rings. The maximum absolute atomic E-state index is 12.5. The van der Waals surface area contributed by atoms with Crippen molar-refractivity contribution in [3.05, 3.63) is 94.5 Å². The zero-order valence-electron chi connectivity index (χ0n) is 17.6. The van der Waals surface area contributed by atoms with Gasteiger partial charge in [-0.3, -0.25) is 9.10 Å². The molecule has 0 radical (unpaired) electrons. The summed E-state index contributed by atoms with van der Waals surface area (Å²) in [6.45, 7) is 5.97. The Morgan fingerprint density at radius 3 is 2.07 bits per heavy atom. The van der Waals surface area contributed by atoms with E-state index in [1.54, 1.807) is 24.3 Å². The van der Waals surface area contributed by atoms with Crippen molar-refractivity contribution in [1.29, 1.82) is 0 Å². The lowest BCUT2D eigenvalue weighted by atomic mass is 10.1. The maximum Gasteiger partial charge on any atom is 0.255 e. The van der Waals surface area contributed by atoms with Gasteiger partial charge in [0.1, 0.15) is 0 Å². The van der Waals surface area contributed by atoms with Crippen LogP contribution < -0.4 is 9.62 Å². The van der Waals surface area contributed by atoms with Crippen LogP contribution in [0.1, 0.15) is 32.6 Å². The number of carbonyl (C=O) groups excluding carboxylic acids is 1. The van der Waals surface area contributed by atoms with Gasteiger partial charge in [0, 0.05) is 11.3 Å². The van der Waals surface area contributed by atoms with Crippen LogP contribution in [0.2, 0.25) is 0 Å². The van der Waals surface area contributed by atoms with Crippen LogP contribution in [0.15, 0.2) is 66.7 Å². The SMILES string of the molecule is Cc1cccc(NC(=O)c2ccc(CN(c3c(C)cccc3C)S(C)(=O)=O)cc2)c1. The number of anilines is 2. The second-order valence-corrected chi connectivity index (χ2v) is 9.44. The molecule has 156 valence electrons. The molecule has 3 aromatic carbocycles. The van der Waals surface area contributed by atoms with E-state index in [-0.39, 0.29) is 12.5 Å². The van der Waals surface area contributed by atoms with E-state index in [1.165, 1.54) is 10.6 Å². The Bertz CT molecular complexity index is 1150. The van der Waals surface area contributed by atoms with Crippen LogP contribution in [-0.2, 0) is 16.6 Å². The summed E-state index contributed by atoms with van der Waals surface area (Å²) in [6.07, 6.45) is 1.21. The number of carbonyl (C=O) groups is 1. The summed E-state index contributed by atoms with van der Waals surface area (Å²) >= 11 is 0. The lowest BCUT2D eigenvalue weighted by molar-refractivity contribution is 0.102. The minimum absolute atomic E-state index is 0.199. The largest absolute Gasteiger partial charge is 0.322 e. The monoisotopic (exact) mass is 422 g/mol. The summed E-state index contributed by atoms with van der Waals surface area (Å²) in [7, 11) is -3.48. The van der Waals surface area contributed by atoms with Gasteiger partial charge in [-0.25, -0.2) is 8.42 Å². The fourth-order valence-corrected chi connectivity index (χ4v) is 4.42. The number of sulfonamides is 1. The van der Waals surface area contributed by atoms with Gasteiger partial charge >= 0.3 is 0 Å². The van der Waals surface area contributed by atoms with E-state index in [1.807, 2.05) is 63.2 Å². The van der Waals surface area contributed by atoms with Gasteiger partial charge in [0.15, 0.2) is 0 Å². The highest BCUT2D eigenvalue weighted by molar-refractivity contribution is 7.92. The standard InChI is InChI=1S/C24H26N2O3S/c1-17-7-5-10-22(15-17)25-24(27)21-13-11-20(12-14-21)16-26(30(4,28)29)23-18(2)8-6-9-19(23)3/h5-15H,16H2,1-4H3,(H,25,27). The molecule has 0 saturated carbocycles. The van der Waals surface area contributed by atoms with Crippen LogP contribution in [0.4, 0.5) is 11.4 Å². The van der Waals surface area contributed by atoms with Gasteiger partial charge in [-0.05, 0) is 67.3 Å². The number of hydrogen-bond donors (Lipinski definition) is 1. The zero-order valence-corrected chi connectivity index (χ0v) is 18.5. The Hall–Kier alpha value is -3.12. The fourth-order valence-electron chi connectivity index (χ4n) is 3.41. The molecule has 0 bridgehead atoms. The Labute approximate surface area is 178 Å². The molecule has 0 aliphatic heterocycles. The minimum Gasteiger partial charge on any atom is -0.322 e. The quantitative estimate of drug-likeness (QED) is 0.619. The molecule has 0 saturated heterocycles. The van der Waals surface area contributed by atoms with E-state index in [4.69, 9.17) is 0 Å². The topological polar surface area (TPSA) is 66.5 Å². The van der Waals surface area contributed by atoms with Gasteiger partial charge in [0.25, 0.3) is 5.91 Å². The van der Waals surface area contributed by atoms with Gasteiger partial charge in [0.05, 0.1) is 18.5 Å². The normalized spacial score (nSPS) is 11.2. The van der Waals surface area contributed by atoms with Gasteiger partial charge < -0.3 is 5.32 Å². The summed E-state index contributed by atoms with van der Waals surface area (Å²) in [5.41, 5.74) is 5.61. The van der Waals surface area contributed by atoms with E-state index in [2.05, 4.69) is 5.32 Å². The third kappa shape index (κ3) is 5.07. The highest BCUT2D eigenvalue weighted by atomic mass is 32.2. The lowest BCUT2D eigenvalue weighted by Crippen LogP contribution is -2.30. The van der Waals surface area contributed by atoms with Crippen LogP contribution in [-0.4, -0.2) is 20.6 Å². The number of benzene rings is 3. The first kappa shape index (κ1) is 21.6. The number of aryl methyl sites for hydroxylation is 3. The summed E-state index contributed by atoms with van der Waals surface area (Å²) in [5.74, 6) is -0.207. The van der Waals surface area contributed by atoms with Crippen molar-refractivity contribution in [1.82, 2.24) is 0 Å². The van der Waals surface area contributed by atoms with Crippen LogP contribution in [0.5, 0.6) is 0 Å². The molecule has 0 atom stereocenters. The zero-order chi connectivity index (χ0) is 21.9. The number of nitrogens with zero attached hydrogens (tertiary/aromatic N) is 1. The lowest BCUT2D eigenvalue weighted by Gasteiger charge is -2.26. The molecule has 0 aliphatic rings. The molecular formula is C24H26N2O3S. The predicted molar refractivity (Wildman–Crippen MR) is 123 cm³/mol. The number of nitrogens with one attached hydrogen (secondary N) is 1. The third-order valence-electron chi connectivity index (χ3n) is 4.91. The first-order chi connectivity index (χ1) is 14.1. The van der Waals surface area contributed by atoms with E-state index in [0.29, 0.717) is 11.3 Å². The minimum atomic E-state index is -3.48. The van der Waals surface area contributed by atoms with E-state index < -0.39 is 10.0 Å². The molecule has 6 heteroatoms. The molecule has 0 aromatic heterocycles. The average molecular weight is 423 g/mol. The molecule has 5 nitrogen and oxygen atoms in total. The molecule has 0 heterocycles. The van der Waals surface area contributed by atoms with Crippen molar-refractivity contribution in [3.63, 3.8) is 0 Å². The molecule has 3 rings (SSSR count). The van der Waals surface area contributed by atoms with Gasteiger partial charge in [0.2, 0.25) is 10.0 Å². The maximum atomic E-state index is 12.5. The fraction of sp³-hybridized carbons (Fsp3) is 0.208. The molecule has 0 fully saturated rings. The van der Waals surface area contributed by atoms with Crippen LogP contribution in [0.3, 0.4) is 0 Å². The summed E-state index contributed by atoms with van der Waals surface area (Å²) in [6, 6.07) is 20.3. The Morgan fingerprint density at radius 2 is 1.50 bits per heavy atom. The van der Waals surface area contributed by atoms with Crippen molar-refractivity contribution in [2.45, 2.75) is 27.3 Å². The van der Waals surface area contributed by atoms with Crippen molar-refractivity contribution >= 4 is 27.3 Å².